The van der Waals surface area contributed by atoms with Crippen molar-refractivity contribution >= 4 is 11.6 Å². The van der Waals surface area contributed by atoms with Gasteiger partial charge < -0.3 is 9.47 Å². The van der Waals surface area contributed by atoms with Gasteiger partial charge in [0.1, 0.15) is 0 Å². The molecule has 2 atom stereocenters. The summed E-state index contributed by atoms with van der Waals surface area (Å²) in [6.07, 6.45) is 0.876. The van der Waals surface area contributed by atoms with Gasteiger partial charge in [0.25, 0.3) is 0 Å². The van der Waals surface area contributed by atoms with Crippen molar-refractivity contribution in [3.63, 3.8) is 0 Å². The van der Waals surface area contributed by atoms with Crippen molar-refractivity contribution in [3.8, 4) is 11.5 Å². The maximum absolute atomic E-state index is 12.3. The van der Waals surface area contributed by atoms with Crippen molar-refractivity contribution in [2.24, 2.45) is 11.0 Å². The molecule has 3 rings (SSSR count). The average Bonchev–Trinajstić information content (AvgIpc) is 3.47. The van der Waals surface area contributed by atoms with Gasteiger partial charge in [-0.05, 0) is 43.0 Å². The number of carbonyl (C=O) groups is 1. The fourth-order valence-electron chi connectivity index (χ4n) is 2.90. The summed E-state index contributed by atoms with van der Waals surface area (Å²) in [5, 5.41) is 4.24. The van der Waals surface area contributed by atoms with Gasteiger partial charge in [-0.15, -0.1) is 0 Å². The molecule has 2 aromatic rings. The van der Waals surface area contributed by atoms with Crippen molar-refractivity contribution in [1.29, 1.82) is 0 Å². The van der Waals surface area contributed by atoms with E-state index in [9.17, 15) is 4.79 Å². The minimum Gasteiger partial charge on any atom is -0.493 e. The van der Waals surface area contributed by atoms with E-state index in [4.69, 9.17) is 9.47 Å². The van der Waals surface area contributed by atoms with Crippen LogP contribution in [0.25, 0.3) is 0 Å². The molecule has 1 aliphatic rings. The largest absolute Gasteiger partial charge is 0.493 e. The molecular weight excluding hydrogens is 316 g/mol. The van der Waals surface area contributed by atoms with E-state index in [0.717, 1.165) is 12.0 Å². The number of rotatable bonds is 6. The highest BCUT2D eigenvalue weighted by molar-refractivity contribution is 6.00. The first-order valence-electron chi connectivity index (χ1n) is 8.25. The Hall–Kier alpha value is -2.82. The summed E-state index contributed by atoms with van der Waals surface area (Å²) < 4.78 is 10.5. The molecule has 5 heteroatoms. The van der Waals surface area contributed by atoms with Crippen LogP contribution in [0.4, 0.5) is 0 Å². The van der Waals surface area contributed by atoms with Crippen molar-refractivity contribution < 1.29 is 14.3 Å². The van der Waals surface area contributed by atoms with Crippen LogP contribution in [-0.2, 0) is 4.79 Å². The number of hydrogen-bond acceptors (Lipinski definition) is 4. The van der Waals surface area contributed by atoms with Crippen LogP contribution in [0.1, 0.15) is 30.4 Å². The summed E-state index contributed by atoms with van der Waals surface area (Å²) in [5.74, 6) is 1.56. The molecule has 1 aliphatic carbocycles. The first-order valence-corrected chi connectivity index (χ1v) is 8.25. The van der Waals surface area contributed by atoms with Crippen LogP contribution in [0.5, 0.6) is 11.5 Å². The molecule has 2 aromatic carbocycles. The molecule has 130 valence electrons. The Kier molecular flexibility index (Phi) is 5.03. The molecule has 0 aromatic heterocycles. The van der Waals surface area contributed by atoms with Crippen molar-refractivity contribution in [2.45, 2.75) is 19.3 Å². The number of methoxy groups -OCH3 is 2. The molecule has 0 bridgehead atoms. The quantitative estimate of drug-likeness (QED) is 0.649. The van der Waals surface area contributed by atoms with Gasteiger partial charge in [-0.3, -0.25) is 4.79 Å². The lowest BCUT2D eigenvalue weighted by atomic mass is 10.1. The minimum absolute atomic E-state index is 0.00403. The number of benzene rings is 2. The van der Waals surface area contributed by atoms with E-state index in [0.29, 0.717) is 23.1 Å². The summed E-state index contributed by atoms with van der Waals surface area (Å²) >= 11 is 0. The summed E-state index contributed by atoms with van der Waals surface area (Å²) in [4.78, 5) is 12.3. The average molecular weight is 338 g/mol. The topological polar surface area (TPSA) is 59.9 Å². The minimum atomic E-state index is -0.0336. The number of amides is 1. The molecule has 0 heterocycles. The Bertz CT molecular complexity index is 787. The van der Waals surface area contributed by atoms with E-state index < -0.39 is 0 Å². The van der Waals surface area contributed by atoms with Gasteiger partial charge in [-0.1, -0.05) is 30.3 Å². The zero-order valence-electron chi connectivity index (χ0n) is 14.7. The Morgan fingerprint density at radius 3 is 2.48 bits per heavy atom. The van der Waals surface area contributed by atoms with Gasteiger partial charge in [0.15, 0.2) is 11.5 Å². The fourth-order valence-corrected chi connectivity index (χ4v) is 2.90. The van der Waals surface area contributed by atoms with Crippen molar-refractivity contribution in [2.75, 3.05) is 14.2 Å². The third-order valence-electron chi connectivity index (χ3n) is 4.49. The molecule has 1 fully saturated rings. The first-order chi connectivity index (χ1) is 12.1. The van der Waals surface area contributed by atoms with Gasteiger partial charge in [0.05, 0.1) is 19.9 Å². The van der Waals surface area contributed by atoms with Crippen LogP contribution in [-0.4, -0.2) is 25.8 Å². The normalized spacial score (nSPS) is 19.2. The number of carbonyl (C=O) groups excluding carboxylic acids is 1. The molecule has 0 spiro atoms. The molecule has 0 aliphatic heterocycles. The summed E-state index contributed by atoms with van der Waals surface area (Å²) in [7, 11) is 3.18. The van der Waals surface area contributed by atoms with Crippen LogP contribution < -0.4 is 14.9 Å². The predicted octanol–water partition coefficient (Wildman–Crippen LogP) is 3.35. The Balaban J connectivity index is 1.63. The second-order valence-electron chi connectivity index (χ2n) is 6.10. The maximum atomic E-state index is 12.3. The highest BCUT2D eigenvalue weighted by Crippen LogP contribution is 2.47. The van der Waals surface area contributed by atoms with Gasteiger partial charge in [-0.2, -0.15) is 5.10 Å². The second-order valence-corrected chi connectivity index (χ2v) is 6.10. The third-order valence-corrected chi connectivity index (χ3v) is 4.49. The van der Waals surface area contributed by atoms with Crippen LogP contribution in [0.15, 0.2) is 53.6 Å². The molecule has 0 unspecified atom stereocenters. The number of hydrogen-bond donors (Lipinski definition) is 1. The highest BCUT2D eigenvalue weighted by Gasteiger charge is 2.43. The smallest absolute Gasteiger partial charge is 0.243 e. The summed E-state index contributed by atoms with van der Waals surface area (Å²) in [6, 6.07) is 15.7. The van der Waals surface area contributed by atoms with E-state index in [1.165, 1.54) is 5.56 Å². The standard InChI is InChI=1S/C20H22N2O3/c1-13(15-9-10-18(24-2)19(11-15)25-3)21-22-20(23)17-12-16(17)14-7-5-4-6-8-14/h4-11,16-17H,12H2,1-3H3,(H,22,23)/b21-13+/t16-,17+/m0/s1. The van der Waals surface area contributed by atoms with E-state index >= 15 is 0 Å². The fraction of sp³-hybridized carbons (Fsp3) is 0.300. The Labute approximate surface area is 147 Å². The van der Waals surface area contributed by atoms with Crippen molar-refractivity contribution in [3.05, 3.63) is 59.7 Å². The summed E-state index contributed by atoms with van der Waals surface area (Å²) in [5.41, 5.74) is 5.48. The zero-order chi connectivity index (χ0) is 17.8. The van der Waals surface area contributed by atoms with Gasteiger partial charge in [0.2, 0.25) is 5.91 Å². The molecule has 25 heavy (non-hydrogen) atoms. The van der Waals surface area contributed by atoms with E-state index in [1.54, 1.807) is 14.2 Å². The van der Waals surface area contributed by atoms with Gasteiger partial charge in [0, 0.05) is 11.5 Å². The van der Waals surface area contributed by atoms with E-state index in [1.807, 2.05) is 43.3 Å². The van der Waals surface area contributed by atoms with Crippen LogP contribution in [0.2, 0.25) is 0 Å². The number of ether oxygens (including phenoxy) is 2. The lowest BCUT2D eigenvalue weighted by Gasteiger charge is -2.09. The number of nitrogens with zero attached hydrogens (tertiary/aromatic N) is 1. The van der Waals surface area contributed by atoms with E-state index in [2.05, 4.69) is 22.7 Å². The summed E-state index contributed by atoms with van der Waals surface area (Å²) in [6.45, 7) is 1.85. The molecule has 5 nitrogen and oxygen atoms in total. The predicted molar refractivity (Wildman–Crippen MR) is 97.2 cm³/mol. The molecule has 0 saturated heterocycles. The van der Waals surface area contributed by atoms with Crippen LogP contribution in [0, 0.1) is 5.92 Å². The van der Waals surface area contributed by atoms with Gasteiger partial charge >= 0.3 is 0 Å². The monoisotopic (exact) mass is 338 g/mol. The Morgan fingerprint density at radius 1 is 1.08 bits per heavy atom. The van der Waals surface area contributed by atoms with Gasteiger partial charge in [-0.25, -0.2) is 5.43 Å². The first kappa shape index (κ1) is 17.0. The SMILES string of the molecule is COc1ccc(/C(C)=N/NC(=O)[C@@H]2C[C@H]2c2ccccc2)cc1OC. The lowest BCUT2D eigenvalue weighted by Crippen LogP contribution is -2.21. The van der Waals surface area contributed by atoms with Crippen LogP contribution in [0.3, 0.4) is 0 Å². The third kappa shape index (κ3) is 3.82. The molecule has 1 saturated carbocycles. The van der Waals surface area contributed by atoms with E-state index in [-0.39, 0.29) is 11.8 Å². The molecular formula is C20H22N2O3. The lowest BCUT2D eigenvalue weighted by molar-refractivity contribution is -0.122. The molecule has 1 amide bonds. The zero-order valence-corrected chi connectivity index (χ0v) is 14.7. The molecule has 0 radical (unpaired) electrons. The van der Waals surface area contributed by atoms with Crippen LogP contribution >= 0.6 is 0 Å². The number of nitrogens with one attached hydrogen (secondary N) is 1. The Morgan fingerprint density at radius 2 is 1.80 bits per heavy atom. The second kappa shape index (κ2) is 7.38. The molecule has 1 N–H and O–H groups in total. The maximum Gasteiger partial charge on any atom is 0.243 e. The number of hydrazone groups is 1. The van der Waals surface area contributed by atoms with Crippen molar-refractivity contribution in [1.82, 2.24) is 5.43 Å². The highest BCUT2D eigenvalue weighted by atomic mass is 16.5.